The Labute approximate surface area is 123 Å². The number of carbonyl (C=O) groups is 2. The van der Waals surface area contributed by atoms with Crippen LogP contribution >= 0.6 is 0 Å². The van der Waals surface area contributed by atoms with E-state index in [1.807, 2.05) is 0 Å². The summed E-state index contributed by atoms with van der Waals surface area (Å²) in [7, 11) is 0. The zero-order valence-electron chi connectivity index (χ0n) is 12.1. The number of anilines is 1. The van der Waals surface area contributed by atoms with Gasteiger partial charge < -0.3 is 21.5 Å². The monoisotopic (exact) mass is 291 g/mol. The van der Waals surface area contributed by atoms with Gasteiger partial charge in [-0.3, -0.25) is 0 Å². The van der Waals surface area contributed by atoms with Crippen molar-refractivity contribution in [2.24, 2.45) is 5.73 Å². The van der Waals surface area contributed by atoms with Gasteiger partial charge in [-0.05, 0) is 43.5 Å². The Morgan fingerprint density at radius 2 is 2.00 bits per heavy atom. The molecule has 1 aromatic rings. The van der Waals surface area contributed by atoms with Gasteiger partial charge >= 0.3 is 12.0 Å². The van der Waals surface area contributed by atoms with E-state index >= 15 is 0 Å². The first-order valence-corrected chi connectivity index (χ1v) is 7.14. The molecule has 1 fully saturated rings. The third-order valence-electron chi connectivity index (χ3n) is 3.86. The van der Waals surface area contributed by atoms with E-state index < -0.39 is 5.97 Å². The van der Waals surface area contributed by atoms with Crippen molar-refractivity contribution in [2.45, 2.75) is 44.7 Å². The third kappa shape index (κ3) is 3.95. The van der Waals surface area contributed by atoms with E-state index in [0.29, 0.717) is 11.3 Å². The zero-order valence-corrected chi connectivity index (χ0v) is 12.1. The van der Waals surface area contributed by atoms with E-state index in [0.717, 1.165) is 25.7 Å². The highest BCUT2D eigenvalue weighted by Gasteiger charge is 2.23. The van der Waals surface area contributed by atoms with Crippen molar-refractivity contribution in [1.82, 2.24) is 5.32 Å². The molecule has 2 amide bonds. The molecule has 6 nitrogen and oxygen atoms in total. The lowest BCUT2D eigenvalue weighted by Crippen LogP contribution is -2.50. The van der Waals surface area contributed by atoms with E-state index in [9.17, 15) is 9.59 Å². The number of benzene rings is 1. The molecule has 0 heterocycles. The minimum atomic E-state index is -0.984. The Kier molecular flexibility index (Phi) is 4.80. The first-order valence-electron chi connectivity index (χ1n) is 7.14. The standard InChI is InChI=1S/C15H21N3O3/c1-9-8-10(14(19)20)6-7-12(9)17-15(21)18-13-5-3-2-4-11(13)16/h6-8,11,13H,2-5,16H2,1H3,(H,19,20)(H2,17,18,21). The molecule has 0 bridgehead atoms. The van der Waals surface area contributed by atoms with Gasteiger partial charge in [-0.2, -0.15) is 0 Å². The molecule has 21 heavy (non-hydrogen) atoms. The van der Waals surface area contributed by atoms with Gasteiger partial charge in [0.25, 0.3) is 0 Å². The van der Waals surface area contributed by atoms with Crippen molar-refractivity contribution < 1.29 is 14.7 Å². The van der Waals surface area contributed by atoms with Gasteiger partial charge in [-0.15, -0.1) is 0 Å². The Bertz CT molecular complexity index is 545. The molecular formula is C15H21N3O3. The van der Waals surface area contributed by atoms with Crippen molar-refractivity contribution in [3.05, 3.63) is 29.3 Å². The van der Waals surface area contributed by atoms with E-state index in [1.54, 1.807) is 13.0 Å². The van der Waals surface area contributed by atoms with Crippen LogP contribution < -0.4 is 16.4 Å². The molecule has 114 valence electrons. The van der Waals surface area contributed by atoms with Crippen LogP contribution in [-0.4, -0.2) is 29.2 Å². The maximum absolute atomic E-state index is 12.0. The Morgan fingerprint density at radius 3 is 2.62 bits per heavy atom. The van der Waals surface area contributed by atoms with Crippen LogP contribution in [0.1, 0.15) is 41.6 Å². The van der Waals surface area contributed by atoms with E-state index in [2.05, 4.69) is 10.6 Å². The molecule has 5 N–H and O–H groups in total. The molecule has 1 aliphatic carbocycles. The second kappa shape index (κ2) is 6.58. The fraction of sp³-hybridized carbons (Fsp3) is 0.467. The van der Waals surface area contributed by atoms with Gasteiger partial charge in [-0.1, -0.05) is 12.8 Å². The number of aromatic carboxylic acids is 1. The summed E-state index contributed by atoms with van der Waals surface area (Å²) in [6.45, 7) is 1.76. The quantitative estimate of drug-likeness (QED) is 0.684. The predicted molar refractivity (Wildman–Crippen MR) is 80.5 cm³/mol. The van der Waals surface area contributed by atoms with E-state index in [1.165, 1.54) is 12.1 Å². The van der Waals surface area contributed by atoms with Crippen molar-refractivity contribution in [1.29, 1.82) is 0 Å². The van der Waals surface area contributed by atoms with Gasteiger partial charge in [0.15, 0.2) is 0 Å². The van der Waals surface area contributed by atoms with Crippen LogP contribution in [0.15, 0.2) is 18.2 Å². The van der Waals surface area contributed by atoms with Gasteiger partial charge in [0.05, 0.1) is 5.56 Å². The summed E-state index contributed by atoms with van der Waals surface area (Å²) < 4.78 is 0. The van der Waals surface area contributed by atoms with Crippen molar-refractivity contribution in [3.8, 4) is 0 Å². The van der Waals surface area contributed by atoms with E-state index in [-0.39, 0.29) is 23.7 Å². The highest BCUT2D eigenvalue weighted by atomic mass is 16.4. The number of carboxylic acids is 1. The first kappa shape index (κ1) is 15.3. The first-order chi connectivity index (χ1) is 9.97. The number of carbonyl (C=O) groups excluding carboxylic acids is 1. The van der Waals surface area contributed by atoms with Gasteiger partial charge in [0, 0.05) is 17.8 Å². The van der Waals surface area contributed by atoms with Crippen molar-refractivity contribution in [2.75, 3.05) is 5.32 Å². The third-order valence-corrected chi connectivity index (χ3v) is 3.86. The number of nitrogens with one attached hydrogen (secondary N) is 2. The lowest BCUT2D eigenvalue weighted by atomic mass is 9.91. The summed E-state index contributed by atoms with van der Waals surface area (Å²) in [6.07, 6.45) is 4.00. The SMILES string of the molecule is Cc1cc(C(=O)O)ccc1NC(=O)NC1CCCCC1N. The molecule has 0 saturated heterocycles. The number of carboxylic acid groups (broad SMARTS) is 1. The van der Waals surface area contributed by atoms with Crippen LogP contribution in [0.25, 0.3) is 0 Å². The average Bonchev–Trinajstić information content (AvgIpc) is 2.43. The van der Waals surface area contributed by atoms with Crippen LogP contribution in [0.4, 0.5) is 10.5 Å². The molecule has 0 spiro atoms. The van der Waals surface area contributed by atoms with Crippen LogP contribution in [0.2, 0.25) is 0 Å². The summed E-state index contributed by atoms with van der Waals surface area (Å²) in [5.41, 5.74) is 7.50. The Morgan fingerprint density at radius 1 is 1.29 bits per heavy atom. The van der Waals surface area contributed by atoms with Crippen LogP contribution in [-0.2, 0) is 0 Å². The molecule has 2 atom stereocenters. The van der Waals surface area contributed by atoms with Gasteiger partial charge in [0.2, 0.25) is 0 Å². The van der Waals surface area contributed by atoms with Crippen LogP contribution in [0, 0.1) is 6.92 Å². The predicted octanol–water partition coefficient (Wildman–Crippen LogP) is 2.08. The summed E-state index contributed by atoms with van der Waals surface area (Å²) >= 11 is 0. The van der Waals surface area contributed by atoms with Gasteiger partial charge in [0.1, 0.15) is 0 Å². The highest BCUT2D eigenvalue weighted by molar-refractivity contribution is 5.92. The number of nitrogens with two attached hydrogens (primary N) is 1. The number of aryl methyl sites for hydroxylation is 1. The van der Waals surface area contributed by atoms with Crippen LogP contribution in [0.3, 0.4) is 0 Å². The van der Waals surface area contributed by atoms with Crippen molar-refractivity contribution >= 4 is 17.7 Å². The number of hydrogen-bond acceptors (Lipinski definition) is 3. The summed E-state index contributed by atoms with van der Waals surface area (Å²) in [5, 5.41) is 14.5. The smallest absolute Gasteiger partial charge is 0.335 e. The summed E-state index contributed by atoms with van der Waals surface area (Å²) in [5.74, 6) is -0.984. The molecule has 2 rings (SSSR count). The second-order valence-electron chi connectivity index (χ2n) is 5.49. The number of amides is 2. The minimum Gasteiger partial charge on any atom is -0.478 e. The van der Waals surface area contributed by atoms with E-state index in [4.69, 9.17) is 10.8 Å². The summed E-state index contributed by atoms with van der Waals surface area (Å²) in [6, 6.07) is 4.29. The fourth-order valence-electron chi connectivity index (χ4n) is 2.60. The highest BCUT2D eigenvalue weighted by Crippen LogP contribution is 2.19. The molecule has 1 aliphatic rings. The molecule has 0 radical (unpaired) electrons. The lowest BCUT2D eigenvalue weighted by Gasteiger charge is -2.29. The Balaban J connectivity index is 1.97. The maximum atomic E-state index is 12.0. The minimum absolute atomic E-state index is 0.0000154. The van der Waals surface area contributed by atoms with Gasteiger partial charge in [-0.25, -0.2) is 9.59 Å². The summed E-state index contributed by atoms with van der Waals surface area (Å²) in [4.78, 5) is 22.9. The normalized spacial score (nSPS) is 21.6. The van der Waals surface area contributed by atoms with Crippen LogP contribution in [0.5, 0.6) is 0 Å². The van der Waals surface area contributed by atoms with Crippen molar-refractivity contribution in [3.63, 3.8) is 0 Å². The molecule has 2 unspecified atom stereocenters. The fourth-order valence-corrected chi connectivity index (χ4v) is 2.60. The maximum Gasteiger partial charge on any atom is 0.335 e. The molecule has 1 saturated carbocycles. The molecule has 1 aromatic carbocycles. The average molecular weight is 291 g/mol. The number of rotatable bonds is 3. The number of hydrogen-bond donors (Lipinski definition) is 4. The molecule has 0 aliphatic heterocycles. The zero-order chi connectivity index (χ0) is 15.4. The lowest BCUT2D eigenvalue weighted by molar-refractivity contribution is 0.0697. The number of urea groups is 1. The Hall–Kier alpha value is -2.08. The second-order valence-corrected chi connectivity index (χ2v) is 5.49. The topological polar surface area (TPSA) is 104 Å². The molecule has 0 aromatic heterocycles. The largest absolute Gasteiger partial charge is 0.478 e. The molecular weight excluding hydrogens is 270 g/mol. The molecule has 6 heteroatoms.